The first kappa shape index (κ1) is 14.7. The van der Waals surface area contributed by atoms with E-state index in [9.17, 15) is 4.79 Å². The molecule has 1 aromatic carbocycles. The summed E-state index contributed by atoms with van der Waals surface area (Å²) in [5.41, 5.74) is 1.30. The number of aryl methyl sites for hydroxylation is 1. The second-order valence-electron chi connectivity index (χ2n) is 4.21. The van der Waals surface area contributed by atoms with Gasteiger partial charge in [-0.15, -0.1) is 0 Å². The van der Waals surface area contributed by atoms with Crippen LogP contribution in [-0.2, 0) is 6.54 Å². The lowest BCUT2D eigenvalue weighted by Crippen LogP contribution is -2.17. The summed E-state index contributed by atoms with van der Waals surface area (Å²) in [4.78, 5) is 12.4. The molecule has 4 nitrogen and oxygen atoms in total. The number of amides is 1. The van der Waals surface area contributed by atoms with Gasteiger partial charge in [0, 0.05) is 17.2 Å². The number of halogens is 1. The zero-order valence-corrected chi connectivity index (χ0v) is 13.1. The van der Waals surface area contributed by atoms with E-state index < -0.39 is 0 Å². The van der Waals surface area contributed by atoms with E-state index in [0.29, 0.717) is 23.7 Å². The molecule has 0 bridgehead atoms. The van der Waals surface area contributed by atoms with Gasteiger partial charge in [-0.05, 0) is 48.0 Å². The van der Waals surface area contributed by atoms with E-state index in [1.165, 1.54) is 0 Å². The van der Waals surface area contributed by atoms with E-state index in [4.69, 9.17) is 4.74 Å². The topological polar surface area (TPSA) is 43.3 Å². The minimum atomic E-state index is -0.148. The van der Waals surface area contributed by atoms with Crippen molar-refractivity contribution in [1.29, 1.82) is 0 Å². The summed E-state index contributed by atoms with van der Waals surface area (Å²) < 4.78 is 8.29. The van der Waals surface area contributed by atoms with Crippen LogP contribution in [0.15, 0.2) is 41.0 Å². The molecule has 0 saturated heterocycles. The number of anilines is 1. The molecule has 2 aromatic rings. The zero-order valence-electron chi connectivity index (χ0n) is 11.5. The highest BCUT2D eigenvalue weighted by molar-refractivity contribution is 9.10. The summed E-state index contributed by atoms with van der Waals surface area (Å²) in [6, 6.07) is 9.23. The number of rotatable bonds is 5. The summed E-state index contributed by atoms with van der Waals surface area (Å²) in [6.07, 6.45) is 1.89. The predicted octanol–water partition coefficient (Wildman–Crippen LogP) is 3.92. The Hall–Kier alpha value is -1.75. The molecule has 1 amide bonds. The molecule has 0 radical (unpaired) electrons. The number of para-hydroxylation sites is 2. The number of carbonyl (C=O) groups is 1. The van der Waals surface area contributed by atoms with Crippen LogP contribution >= 0.6 is 15.9 Å². The molecule has 0 saturated carbocycles. The monoisotopic (exact) mass is 336 g/mol. The average molecular weight is 337 g/mol. The minimum absolute atomic E-state index is 0.148. The smallest absolute Gasteiger partial charge is 0.272 e. The Kier molecular flexibility index (Phi) is 4.84. The molecule has 0 aliphatic carbocycles. The molecule has 1 heterocycles. The van der Waals surface area contributed by atoms with E-state index in [-0.39, 0.29) is 5.91 Å². The Morgan fingerprint density at radius 1 is 1.35 bits per heavy atom. The third-order valence-electron chi connectivity index (χ3n) is 2.87. The Balaban J connectivity index is 2.23. The highest BCUT2D eigenvalue weighted by atomic mass is 79.9. The van der Waals surface area contributed by atoms with Crippen molar-refractivity contribution < 1.29 is 9.53 Å². The van der Waals surface area contributed by atoms with Crippen LogP contribution in [0.4, 0.5) is 5.69 Å². The molecule has 5 heteroatoms. The molecule has 1 N–H and O–H groups in total. The van der Waals surface area contributed by atoms with Gasteiger partial charge < -0.3 is 14.6 Å². The normalized spacial score (nSPS) is 10.3. The van der Waals surface area contributed by atoms with E-state index in [0.717, 1.165) is 11.0 Å². The molecule has 0 aliphatic rings. The van der Waals surface area contributed by atoms with Gasteiger partial charge in [-0.3, -0.25) is 4.79 Å². The molecule has 0 atom stereocenters. The quantitative estimate of drug-likeness (QED) is 0.899. The van der Waals surface area contributed by atoms with Crippen molar-refractivity contribution in [3.8, 4) is 5.75 Å². The minimum Gasteiger partial charge on any atom is -0.492 e. The molecule has 0 aliphatic heterocycles. The third-order valence-corrected chi connectivity index (χ3v) is 3.31. The molecule has 106 valence electrons. The summed E-state index contributed by atoms with van der Waals surface area (Å²) in [7, 11) is 0. The maximum absolute atomic E-state index is 12.4. The third kappa shape index (κ3) is 3.22. The Bertz CT molecular complexity index is 608. The Morgan fingerprint density at radius 2 is 2.10 bits per heavy atom. The zero-order chi connectivity index (χ0) is 14.5. The van der Waals surface area contributed by atoms with Crippen LogP contribution in [0.25, 0.3) is 0 Å². The molecule has 1 aromatic heterocycles. The van der Waals surface area contributed by atoms with Gasteiger partial charge in [-0.2, -0.15) is 0 Å². The van der Waals surface area contributed by atoms with Gasteiger partial charge >= 0.3 is 0 Å². The molecular weight excluding hydrogens is 320 g/mol. The van der Waals surface area contributed by atoms with Gasteiger partial charge in [0.1, 0.15) is 11.4 Å². The molecule has 20 heavy (non-hydrogen) atoms. The summed E-state index contributed by atoms with van der Waals surface area (Å²) in [5, 5.41) is 2.89. The number of aromatic nitrogens is 1. The number of benzene rings is 1. The van der Waals surface area contributed by atoms with Crippen molar-refractivity contribution in [2.24, 2.45) is 0 Å². The van der Waals surface area contributed by atoms with Crippen molar-refractivity contribution in [3.63, 3.8) is 0 Å². The Morgan fingerprint density at radius 3 is 2.80 bits per heavy atom. The van der Waals surface area contributed by atoms with Crippen molar-refractivity contribution in [2.75, 3.05) is 11.9 Å². The molecule has 0 spiro atoms. The van der Waals surface area contributed by atoms with Crippen LogP contribution < -0.4 is 10.1 Å². The van der Waals surface area contributed by atoms with Crippen LogP contribution in [0, 0.1) is 0 Å². The van der Waals surface area contributed by atoms with Gasteiger partial charge in [0.05, 0.1) is 12.3 Å². The first-order chi connectivity index (χ1) is 9.65. The molecular formula is C15H17BrN2O2. The second kappa shape index (κ2) is 6.61. The lowest BCUT2D eigenvalue weighted by molar-refractivity contribution is 0.101. The van der Waals surface area contributed by atoms with Crippen LogP contribution in [0.2, 0.25) is 0 Å². The van der Waals surface area contributed by atoms with Crippen molar-refractivity contribution in [2.45, 2.75) is 20.4 Å². The first-order valence-electron chi connectivity index (χ1n) is 6.54. The average Bonchev–Trinajstić information content (AvgIpc) is 2.82. The largest absolute Gasteiger partial charge is 0.492 e. The summed E-state index contributed by atoms with van der Waals surface area (Å²) in [6.45, 7) is 5.21. The molecule has 0 unspecified atom stereocenters. The van der Waals surface area contributed by atoms with Crippen molar-refractivity contribution in [1.82, 2.24) is 4.57 Å². The van der Waals surface area contributed by atoms with Gasteiger partial charge in [0.2, 0.25) is 0 Å². The lowest BCUT2D eigenvalue weighted by atomic mass is 10.2. The first-order valence-corrected chi connectivity index (χ1v) is 7.33. The van der Waals surface area contributed by atoms with Crippen molar-refractivity contribution in [3.05, 3.63) is 46.7 Å². The maximum Gasteiger partial charge on any atom is 0.272 e. The maximum atomic E-state index is 12.4. The Labute approximate surface area is 126 Å². The fraction of sp³-hybridized carbons (Fsp3) is 0.267. The van der Waals surface area contributed by atoms with Gasteiger partial charge in [-0.1, -0.05) is 12.1 Å². The number of ether oxygens (including phenoxy) is 1. The summed E-state index contributed by atoms with van der Waals surface area (Å²) >= 11 is 3.39. The van der Waals surface area contributed by atoms with E-state index >= 15 is 0 Å². The fourth-order valence-corrected chi connectivity index (χ4v) is 2.43. The van der Waals surface area contributed by atoms with Gasteiger partial charge in [0.15, 0.2) is 0 Å². The van der Waals surface area contributed by atoms with Crippen LogP contribution in [0.5, 0.6) is 5.75 Å². The van der Waals surface area contributed by atoms with E-state index in [1.54, 1.807) is 0 Å². The molecule has 2 rings (SSSR count). The predicted molar refractivity (Wildman–Crippen MR) is 83.4 cm³/mol. The second-order valence-corrected chi connectivity index (χ2v) is 5.13. The van der Waals surface area contributed by atoms with E-state index in [2.05, 4.69) is 21.2 Å². The lowest BCUT2D eigenvalue weighted by Gasteiger charge is -2.12. The summed E-state index contributed by atoms with van der Waals surface area (Å²) in [5.74, 6) is 0.529. The van der Waals surface area contributed by atoms with Crippen molar-refractivity contribution >= 4 is 27.5 Å². The SMILES string of the molecule is CCOc1ccccc1NC(=O)c1cc(Br)cn1CC. The molecule has 0 fully saturated rings. The number of hydrogen-bond acceptors (Lipinski definition) is 2. The van der Waals surface area contributed by atoms with Gasteiger partial charge in [-0.25, -0.2) is 0 Å². The number of nitrogens with zero attached hydrogens (tertiary/aromatic N) is 1. The highest BCUT2D eigenvalue weighted by Gasteiger charge is 2.14. The number of hydrogen-bond donors (Lipinski definition) is 1. The highest BCUT2D eigenvalue weighted by Crippen LogP contribution is 2.25. The van der Waals surface area contributed by atoms with Crippen LogP contribution in [0.1, 0.15) is 24.3 Å². The number of carbonyl (C=O) groups excluding carboxylic acids is 1. The standard InChI is InChI=1S/C15H17BrN2O2/c1-3-18-10-11(16)9-13(18)15(19)17-12-7-5-6-8-14(12)20-4-2/h5-10H,3-4H2,1-2H3,(H,17,19). The van der Waals surface area contributed by atoms with Crippen LogP contribution in [0.3, 0.4) is 0 Å². The van der Waals surface area contributed by atoms with Crippen LogP contribution in [-0.4, -0.2) is 17.1 Å². The fourth-order valence-electron chi connectivity index (χ4n) is 1.96. The number of nitrogens with one attached hydrogen (secondary N) is 1. The van der Waals surface area contributed by atoms with E-state index in [1.807, 2.05) is 54.9 Å². The van der Waals surface area contributed by atoms with Gasteiger partial charge in [0.25, 0.3) is 5.91 Å².